The Labute approximate surface area is 132 Å². The van der Waals surface area contributed by atoms with Crippen molar-refractivity contribution in [2.45, 2.75) is 20.0 Å². The molecule has 0 unspecified atom stereocenters. The summed E-state index contributed by atoms with van der Waals surface area (Å²) in [6.45, 7) is 3.67. The third-order valence-corrected chi connectivity index (χ3v) is 3.49. The quantitative estimate of drug-likeness (QED) is 0.692. The van der Waals surface area contributed by atoms with Crippen LogP contribution in [-0.2, 0) is 4.79 Å². The van der Waals surface area contributed by atoms with Gasteiger partial charge in [-0.2, -0.15) is 0 Å². The summed E-state index contributed by atoms with van der Waals surface area (Å²) in [6, 6.07) is 12.7. The van der Waals surface area contributed by atoms with Crippen LogP contribution in [0, 0.1) is 6.92 Å². The number of nitrogens with one attached hydrogen (secondary N) is 3. The van der Waals surface area contributed by atoms with Crippen molar-refractivity contribution >= 4 is 22.6 Å². The Morgan fingerprint density at radius 2 is 1.78 bits per heavy atom. The number of aromatic nitrogens is 2. The minimum atomic E-state index is -0.640. The summed E-state index contributed by atoms with van der Waals surface area (Å²) in [5, 5.41) is 2.77. The number of hydrogen-bond donors (Lipinski definition) is 3. The first-order chi connectivity index (χ1) is 11.0. The van der Waals surface area contributed by atoms with Gasteiger partial charge in [0.1, 0.15) is 5.75 Å². The summed E-state index contributed by atoms with van der Waals surface area (Å²) in [7, 11) is 0. The number of carbonyl (C=O) groups excluding carboxylic acids is 1. The van der Waals surface area contributed by atoms with Crippen LogP contribution in [0.25, 0.3) is 11.0 Å². The van der Waals surface area contributed by atoms with Gasteiger partial charge in [0.2, 0.25) is 0 Å². The topological polar surface area (TPSA) is 87.0 Å². The van der Waals surface area contributed by atoms with E-state index in [2.05, 4.69) is 15.3 Å². The van der Waals surface area contributed by atoms with E-state index >= 15 is 0 Å². The number of carbonyl (C=O) groups is 1. The minimum absolute atomic E-state index is 0.261. The molecular formula is C17H17N3O3. The van der Waals surface area contributed by atoms with E-state index in [1.165, 1.54) is 0 Å². The standard InChI is InChI=1S/C17H17N3O3/c1-10-3-6-13(7-4-10)23-11(2)16(21)18-12-5-8-14-15(9-12)20-17(22)19-14/h3-9,11H,1-2H3,(H,18,21)(H2,19,20,22)/t11-/m1/s1. The summed E-state index contributed by atoms with van der Waals surface area (Å²) in [5.74, 6) is 0.381. The number of aryl methyl sites for hydroxylation is 1. The van der Waals surface area contributed by atoms with Crippen LogP contribution in [0.1, 0.15) is 12.5 Å². The first kappa shape index (κ1) is 14.9. The second-order valence-corrected chi connectivity index (χ2v) is 5.40. The van der Waals surface area contributed by atoms with Gasteiger partial charge in [-0.05, 0) is 44.2 Å². The fraction of sp³-hybridized carbons (Fsp3) is 0.176. The fourth-order valence-corrected chi connectivity index (χ4v) is 2.23. The average Bonchev–Trinajstić information content (AvgIpc) is 2.88. The van der Waals surface area contributed by atoms with Gasteiger partial charge in [-0.25, -0.2) is 4.79 Å². The average molecular weight is 311 g/mol. The molecule has 0 aliphatic carbocycles. The molecule has 6 heteroatoms. The molecule has 0 saturated carbocycles. The highest BCUT2D eigenvalue weighted by Gasteiger charge is 2.15. The summed E-state index contributed by atoms with van der Waals surface area (Å²) in [5.41, 5.74) is 2.77. The predicted octanol–water partition coefficient (Wildman–Crippen LogP) is 2.57. The van der Waals surface area contributed by atoms with E-state index in [1.54, 1.807) is 25.1 Å². The Kier molecular flexibility index (Phi) is 3.89. The number of H-pyrrole nitrogens is 2. The molecular weight excluding hydrogens is 294 g/mol. The van der Waals surface area contributed by atoms with Crippen molar-refractivity contribution in [3.05, 3.63) is 58.5 Å². The molecule has 0 fully saturated rings. The third kappa shape index (κ3) is 3.42. The molecule has 0 radical (unpaired) electrons. The van der Waals surface area contributed by atoms with E-state index < -0.39 is 6.10 Å². The van der Waals surface area contributed by atoms with Crippen molar-refractivity contribution in [1.82, 2.24) is 9.97 Å². The summed E-state index contributed by atoms with van der Waals surface area (Å²) in [4.78, 5) is 28.8. The van der Waals surface area contributed by atoms with Crippen molar-refractivity contribution in [2.75, 3.05) is 5.32 Å². The molecule has 0 aliphatic heterocycles. The molecule has 1 aromatic heterocycles. The lowest BCUT2D eigenvalue weighted by Gasteiger charge is -2.15. The lowest BCUT2D eigenvalue weighted by atomic mass is 10.2. The Balaban J connectivity index is 1.69. The Morgan fingerprint density at radius 3 is 2.52 bits per heavy atom. The lowest BCUT2D eigenvalue weighted by molar-refractivity contribution is -0.122. The van der Waals surface area contributed by atoms with Crippen LogP contribution in [0.3, 0.4) is 0 Å². The van der Waals surface area contributed by atoms with E-state index in [1.807, 2.05) is 31.2 Å². The highest BCUT2D eigenvalue weighted by atomic mass is 16.5. The Hall–Kier alpha value is -3.02. The number of amides is 1. The van der Waals surface area contributed by atoms with Crippen LogP contribution in [0.5, 0.6) is 5.75 Å². The van der Waals surface area contributed by atoms with Crippen molar-refractivity contribution in [2.24, 2.45) is 0 Å². The number of hydrogen-bond acceptors (Lipinski definition) is 3. The Morgan fingerprint density at radius 1 is 1.09 bits per heavy atom. The third-order valence-electron chi connectivity index (χ3n) is 3.49. The molecule has 0 spiro atoms. The predicted molar refractivity (Wildman–Crippen MR) is 88.8 cm³/mol. The number of rotatable bonds is 4. The van der Waals surface area contributed by atoms with Crippen LogP contribution in [0.4, 0.5) is 5.69 Å². The van der Waals surface area contributed by atoms with E-state index in [0.717, 1.165) is 5.56 Å². The number of benzene rings is 2. The van der Waals surface area contributed by atoms with Crippen LogP contribution in [0.2, 0.25) is 0 Å². The van der Waals surface area contributed by atoms with E-state index in [9.17, 15) is 9.59 Å². The van der Waals surface area contributed by atoms with Gasteiger partial charge in [-0.3, -0.25) is 4.79 Å². The maximum Gasteiger partial charge on any atom is 0.323 e. The summed E-state index contributed by atoms with van der Waals surface area (Å²) < 4.78 is 5.62. The van der Waals surface area contributed by atoms with Crippen molar-refractivity contribution in [1.29, 1.82) is 0 Å². The maximum atomic E-state index is 12.2. The summed E-state index contributed by atoms with van der Waals surface area (Å²) >= 11 is 0. The van der Waals surface area contributed by atoms with Gasteiger partial charge in [0.15, 0.2) is 6.10 Å². The van der Waals surface area contributed by atoms with Gasteiger partial charge >= 0.3 is 5.69 Å². The van der Waals surface area contributed by atoms with Crippen molar-refractivity contribution in [3.63, 3.8) is 0 Å². The molecule has 2 aromatic carbocycles. The number of ether oxygens (including phenoxy) is 1. The number of aromatic amines is 2. The monoisotopic (exact) mass is 311 g/mol. The van der Waals surface area contributed by atoms with Crippen LogP contribution < -0.4 is 15.7 Å². The molecule has 1 amide bonds. The molecule has 3 N–H and O–H groups in total. The molecule has 1 atom stereocenters. The van der Waals surface area contributed by atoms with Gasteiger partial charge in [0, 0.05) is 5.69 Å². The molecule has 0 aliphatic rings. The maximum absolute atomic E-state index is 12.2. The second-order valence-electron chi connectivity index (χ2n) is 5.40. The molecule has 0 bridgehead atoms. The first-order valence-corrected chi connectivity index (χ1v) is 7.27. The number of anilines is 1. The van der Waals surface area contributed by atoms with E-state index in [4.69, 9.17) is 4.74 Å². The largest absolute Gasteiger partial charge is 0.481 e. The fourth-order valence-electron chi connectivity index (χ4n) is 2.23. The van der Waals surface area contributed by atoms with Crippen molar-refractivity contribution in [3.8, 4) is 5.75 Å². The molecule has 1 heterocycles. The normalized spacial score (nSPS) is 12.1. The zero-order valence-corrected chi connectivity index (χ0v) is 12.8. The zero-order chi connectivity index (χ0) is 16.4. The molecule has 3 rings (SSSR count). The molecule has 118 valence electrons. The van der Waals surface area contributed by atoms with Gasteiger partial charge < -0.3 is 20.0 Å². The number of imidazole rings is 1. The minimum Gasteiger partial charge on any atom is -0.481 e. The van der Waals surface area contributed by atoms with Gasteiger partial charge in [0.25, 0.3) is 5.91 Å². The van der Waals surface area contributed by atoms with Crippen LogP contribution >= 0.6 is 0 Å². The van der Waals surface area contributed by atoms with Gasteiger partial charge in [-0.1, -0.05) is 17.7 Å². The summed E-state index contributed by atoms with van der Waals surface area (Å²) in [6.07, 6.45) is -0.640. The van der Waals surface area contributed by atoms with Crippen LogP contribution in [0.15, 0.2) is 47.3 Å². The SMILES string of the molecule is Cc1ccc(O[C@H](C)C(=O)Nc2ccc3[nH]c(=O)[nH]c3c2)cc1. The van der Waals surface area contributed by atoms with Gasteiger partial charge in [-0.15, -0.1) is 0 Å². The zero-order valence-electron chi connectivity index (χ0n) is 12.8. The van der Waals surface area contributed by atoms with E-state index in [-0.39, 0.29) is 11.6 Å². The van der Waals surface area contributed by atoms with Crippen LogP contribution in [-0.4, -0.2) is 22.0 Å². The Bertz CT molecular complexity index is 893. The second kappa shape index (κ2) is 6.00. The molecule has 0 saturated heterocycles. The van der Waals surface area contributed by atoms with Gasteiger partial charge in [0.05, 0.1) is 11.0 Å². The van der Waals surface area contributed by atoms with E-state index in [0.29, 0.717) is 22.5 Å². The first-order valence-electron chi connectivity index (χ1n) is 7.27. The molecule has 23 heavy (non-hydrogen) atoms. The molecule has 3 aromatic rings. The highest BCUT2D eigenvalue weighted by molar-refractivity contribution is 5.95. The smallest absolute Gasteiger partial charge is 0.323 e. The highest BCUT2D eigenvalue weighted by Crippen LogP contribution is 2.17. The lowest BCUT2D eigenvalue weighted by Crippen LogP contribution is -2.30. The molecule has 6 nitrogen and oxygen atoms in total. The number of fused-ring (bicyclic) bond motifs is 1. The van der Waals surface area contributed by atoms with Crippen molar-refractivity contribution < 1.29 is 9.53 Å².